The van der Waals surface area contributed by atoms with Crippen molar-refractivity contribution in [3.63, 3.8) is 0 Å². The Labute approximate surface area is 87.0 Å². The van der Waals surface area contributed by atoms with E-state index in [-0.39, 0.29) is 0 Å². The largest absolute Gasteiger partial charge is 0.103 e. The molecule has 0 heteroatoms. The molecule has 0 aliphatic rings. The quantitative estimate of drug-likeness (QED) is 0.581. The van der Waals surface area contributed by atoms with E-state index in [9.17, 15) is 0 Å². The van der Waals surface area contributed by atoms with Gasteiger partial charge in [0.05, 0.1) is 0 Å². The Morgan fingerprint density at radius 1 is 1.07 bits per heavy atom. The van der Waals surface area contributed by atoms with Crippen LogP contribution in [0.4, 0.5) is 0 Å². The summed E-state index contributed by atoms with van der Waals surface area (Å²) in [6.07, 6.45) is 7.28. The fraction of sp³-hybridized carbons (Fsp3) is 0.286. The molecule has 0 fully saturated rings. The first kappa shape index (κ1) is 10.8. The second-order valence-electron chi connectivity index (χ2n) is 3.50. The molecule has 0 radical (unpaired) electrons. The molecule has 0 amide bonds. The maximum absolute atomic E-state index is 3.81. The van der Waals surface area contributed by atoms with E-state index in [1.165, 1.54) is 12.0 Å². The molecule has 0 bridgehead atoms. The van der Waals surface area contributed by atoms with Gasteiger partial charge in [0.25, 0.3) is 0 Å². The molecule has 0 nitrogen and oxygen atoms in total. The van der Waals surface area contributed by atoms with Gasteiger partial charge in [-0.3, -0.25) is 0 Å². The van der Waals surface area contributed by atoms with Crippen LogP contribution in [0.2, 0.25) is 0 Å². The molecule has 0 aliphatic carbocycles. The van der Waals surface area contributed by atoms with Gasteiger partial charge < -0.3 is 0 Å². The monoisotopic (exact) mass is 186 g/mol. The van der Waals surface area contributed by atoms with Crippen LogP contribution >= 0.6 is 0 Å². The topological polar surface area (TPSA) is 0 Å². The van der Waals surface area contributed by atoms with E-state index in [1.807, 2.05) is 12.2 Å². The number of hydrogen-bond acceptors (Lipinski definition) is 0. The second kappa shape index (κ2) is 6.20. The highest BCUT2D eigenvalue weighted by Gasteiger charge is 2.07. The standard InChI is InChI=1S/C14H18/c1-3-5-10-13(9-4-2)14-11-7-6-8-12-14/h3-4,6-8,11-13H,1-2,5,9-10H2. The van der Waals surface area contributed by atoms with Crippen LogP contribution in [0.5, 0.6) is 0 Å². The number of hydrogen-bond donors (Lipinski definition) is 0. The third-order valence-corrected chi connectivity index (χ3v) is 2.44. The Balaban J connectivity index is 2.66. The molecule has 1 aromatic carbocycles. The minimum Gasteiger partial charge on any atom is -0.103 e. The molecular formula is C14H18. The van der Waals surface area contributed by atoms with Crippen LogP contribution in [0, 0.1) is 0 Å². The maximum atomic E-state index is 3.81. The summed E-state index contributed by atoms with van der Waals surface area (Å²) in [6.45, 7) is 7.57. The zero-order valence-corrected chi connectivity index (χ0v) is 8.65. The van der Waals surface area contributed by atoms with E-state index in [2.05, 4.69) is 43.5 Å². The van der Waals surface area contributed by atoms with E-state index in [4.69, 9.17) is 0 Å². The lowest BCUT2D eigenvalue weighted by Crippen LogP contribution is -1.96. The lowest BCUT2D eigenvalue weighted by atomic mass is 9.91. The van der Waals surface area contributed by atoms with Gasteiger partial charge in [0.15, 0.2) is 0 Å². The summed E-state index contributed by atoms with van der Waals surface area (Å²) < 4.78 is 0. The molecule has 0 heterocycles. The van der Waals surface area contributed by atoms with Gasteiger partial charge in [0.1, 0.15) is 0 Å². The summed E-state index contributed by atoms with van der Waals surface area (Å²) >= 11 is 0. The van der Waals surface area contributed by atoms with Crippen LogP contribution < -0.4 is 0 Å². The van der Waals surface area contributed by atoms with Gasteiger partial charge >= 0.3 is 0 Å². The van der Waals surface area contributed by atoms with Gasteiger partial charge in [-0.1, -0.05) is 42.5 Å². The highest BCUT2D eigenvalue weighted by atomic mass is 14.1. The van der Waals surface area contributed by atoms with Crippen LogP contribution in [0.25, 0.3) is 0 Å². The van der Waals surface area contributed by atoms with Crippen LogP contribution in [-0.4, -0.2) is 0 Å². The average molecular weight is 186 g/mol. The van der Waals surface area contributed by atoms with E-state index >= 15 is 0 Å². The molecule has 0 aromatic heterocycles. The Kier molecular flexibility index (Phi) is 4.77. The van der Waals surface area contributed by atoms with Crippen molar-refractivity contribution in [2.75, 3.05) is 0 Å². The molecule has 0 saturated heterocycles. The van der Waals surface area contributed by atoms with E-state index in [1.54, 1.807) is 0 Å². The van der Waals surface area contributed by atoms with Crippen molar-refractivity contribution in [2.24, 2.45) is 0 Å². The lowest BCUT2D eigenvalue weighted by Gasteiger charge is -2.14. The van der Waals surface area contributed by atoms with Crippen LogP contribution in [0.15, 0.2) is 55.6 Å². The van der Waals surface area contributed by atoms with Crippen molar-refractivity contribution in [3.8, 4) is 0 Å². The van der Waals surface area contributed by atoms with E-state index in [0.717, 1.165) is 12.8 Å². The van der Waals surface area contributed by atoms with Crippen LogP contribution in [0.1, 0.15) is 30.7 Å². The van der Waals surface area contributed by atoms with Crippen molar-refractivity contribution in [1.29, 1.82) is 0 Å². The smallest absolute Gasteiger partial charge is 0.0125 e. The number of rotatable bonds is 6. The Bertz CT molecular complexity index is 271. The lowest BCUT2D eigenvalue weighted by molar-refractivity contribution is 0.642. The highest BCUT2D eigenvalue weighted by molar-refractivity contribution is 5.20. The molecule has 74 valence electrons. The minimum atomic E-state index is 0.603. The molecule has 0 aliphatic heterocycles. The predicted octanol–water partition coefficient (Wildman–Crippen LogP) is 4.31. The van der Waals surface area contributed by atoms with Gasteiger partial charge in [-0.15, -0.1) is 13.2 Å². The highest BCUT2D eigenvalue weighted by Crippen LogP contribution is 2.24. The van der Waals surface area contributed by atoms with E-state index in [0.29, 0.717) is 5.92 Å². The van der Waals surface area contributed by atoms with Crippen molar-refractivity contribution >= 4 is 0 Å². The van der Waals surface area contributed by atoms with E-state index < -0.39 is 0 Å². The van der Waals surface area contributed by atoms with Crippen LogP contribution in [0.3, 0.4) is 0 Å². The number of allylic oxidation sites excluding steroid dienone is 2. The van der Waals surface area contributed by atoms with Gasteiger partial charge in [0.2, 0.25) is 0 Å². The third kappa shape index (κ3) is 3.21. The zero-order valence-electron chi connectivity index (χ0n) is 8.65. The maximum Gasteiger partial charge on any atom is -0.0125 e. The fourth-order valence-corrected chi connectivity index (χ4v) is 1.67. The predicted molar refractivity (Wildman–Crippen MR) is 63.4 cm³/mol. The molecule has 14 heavy (non-hydrogen) atoms. The Morgan fingerprint density at radius 3 is 2.36 bits per heavy atom. The van der Waals surface area contributed by atoms with Crippen molar-refractivity contribution in [2.45, 2.75) is 25.2 Å². The Morgan fingerprint density at radius 2 is 1.79 bits per heavy atom. The normalized spacial score (nSPS) is 12.0. The summed E-state index contributed by atoms with van der Waals surface area (Å²) in [4.78, 5) is 0. The van der Waals surface area contributed by atoms with Crippen LogP contribution in [-0.2, 0) is 0 Å². The summed E-state index contributed by atoms with van der Waals surface area (Å²) in [5, 5.41) is 0. The fourth-order valence-electron chi connectivity index (χ4n) is 1.67. The molecule has 1 aromatic rings. The molecule has 0 spiro atoms. The van der Waals surface area contributed by atoms with Gasteiger partial charge in [-0.05, 0) is 30.7 Å². The summed E-state index contributed by atoms with van der Waals surface area (Å²) in [5.41, 5.74) is 1.41. The van der Waals surface area contributed by atoms with Gasteiger partial charge in [-0.2, -0.15) is 0 Å². The zero-order chi connectivity index (χ0) is 10.2. The first-order valence-corrected chi connectivity index (χ1v) is 5.15. The first-order valence-electron chi connectivity index (χ1n) is 5.15. The molecule has 0 N–H and O–H groups in total. The summed E-state index contributed by atoms with van der Waals surface area (Å²) in [5.74, 6) is 0.603. The van der Waals surface area contributed by atoms with Crippen molar-refractivity contribution in [3.05, 3.63) is 61.2 Å². The summed E-state index contributed by atoms with van der Waals surface area (Å²) in [6, 6.07) is 10.6. The van der Waals surface area contributed by atoms with Gasteiger partial charge in [0, 0.05) is 0 Å². The minimum absolute atomic E-state index is 0.603. The third-order valence-electron chi connectivity index (χ3n) is 2.44. The summed E-state index contributed by atoms with van der Waals surface area (Å²) in [7, 11) is 0. The first-order chi connectivity index (χ1) is 6.88. The molecule has 1 rings (SSSR count). The Hall–Kier alpha value is -1.30. The van der Waals surface area contributed by atoms with Gasteiger partial charge in [-0.25, -0.2) is 0 Å². The number of benzene rings is 1. The molecule has 0 saturated carbocycles. The molecule has 1 atom stereocenters. The molecule has 1 unspecified atom stereocenters. The SMILES string of the molecule is C=CCCC(CC=C)c1ccccc1. The van der Waals surface area contributed by atoms with Crippen molar-refractivity contribution < 1.29 is 0 Å². The average Bonchev–Trinajstić information content (AvgIpc) is 2.25. The molecular weight excluding hydrogens is 168 g/mol. The van der Waals surface area contributed by atoms with Crippen molar-refractivity contribution in [1.82, 2.24) is 0 Å². The second-order valence-corrected chi connectivity index (χ2v) is 3.50.